The summed E-state index contributed by atoms with van der Waals surface area (Å²) < 4.78 is 12.5. The topological polar surface area (TPSA) is 65.4 Å². The molecule has 0 unspecified atom stereocenters. The Bertz CT molecular complexity index is 998. The van der Waals surface area contributed by atoms with Crippen LogP contribution in [0.3, 0.4) is 0 Å². The molecule has 27 heavy (non-hydrogen) atoms. The highest BCUT2D eigenvalue weighted by atomic mass is 35.5. The molecule has 1 aromatic heterocycles. The first kappa shape index (κ1) is 17.4. The number of nitrogens with zero attached hydrogens (tertiary/aromatic N) is 2. The molecule has 0 bridgehead atoms. The number of amides is 1. The van der Waals surface area contributed by atoms with E-state index in [1.807, 2.05) is 36.4 Å². The second kappa shape index (κ2) is 6.96. The second-order valence-electron chi connectivity index (χ2n) is 6.32. The van der Waals surface area contributed by atoms with Gasteiger partial charge < -0.3 is 14.8 Å². The number of ether oxygens (including phenoxy) is 2. The maximum absolute atomic E-state index is 12.6. The van der Waals surface area contributed by atoms with E-state index in [1.54, 1.807) is 31.0 Å². The van der Waals surface area contributed by atoms with E-state index in [1.165, 1.54) is 0 Å². The van der Waals surface area contributed by atoms with Crippen LogP contribution >= 0.6 is 11.6 Å². The molecule has 0 spiro atoms. The monoisotopic (exact) mass is 383 g/mol. The lowest BCUT2D eigenvalue weighted by Gasteiger charge is -2.11. The lowest BCUT2D eigenvalue weighted by molar-refractivity contribution is -0.122. The quantitative estimate of drug-likeness (QED) is 0.746. The lowest BCUT2D eigenvalue weighted by Crippen LogP contribution is -2.32. The number of hydrogen-bond donors (Lipinski definition) is 1. The van der Waals surface area contributed by atoms with E-state index in [2.05, 4.69) is 10.4 Å². The summed E-state index contributed by atoms with van der Waals surface area (Å²) >= 11 is 6.01. The Balaban J connectivity index is 1.48. The van der Waals surface area contributed by atoms with E-state index in [4.69, 9.17) is 21.1 Å². The third kappa shape index (κ3) is 3.48. The molecule has 7 heteroatoms. The first-order valence-electron chi connectivity index (χ1n) is 8.48. The van der Waals surface area contributed by atoms with Crippen LogP contribution in [0.15, 0.2) is 48.5 Å². The zero-order valence-corrected chi connectivity index (χ0v) is 15.7. The number of carbonyl (C=O) groups is 1. The van der Waals surface area contributed by atoms with Gasteiger partial charge in [-0.1, -0.05) is 11.6 Å². The molecule has 0 fully saturated rings. The molecular formula is C20H18ClN3O3. The number of nitrogens with one attached hydrogen (secondary N) is 1. The zero-order valence-electron chi connectivity index (χ0n) is 14.9. The van der Waals surface area contributed by atoms with Crippen LogP contribution in [-0.4, -0.2) is 28.9 Å². The number of methoxy groups -OCH3 is 1. The SMILES string of the molecule is COc1ccc(-c2cc(NC(=O)[C@@H]3Cc4cc(Cl)ccc4O3)n(C)n2)cc1. The Labute approximate surface area is 161 Å². The largest absolute Gasteiger partial charge is 0.497 e. The van der Waals surface area contributed by atoms with Crippen LogP contribution in [0.1, 0.15) is 5.56 Å². The predicted octanol–water partition coefficient (Wildman–Crippen LogP) is 3.69. The molecule has 0 radical (unpaired) electrons. The van der Waals surface area contributed by atoms with Crippen molar-refractivity contribution in [3.05, 3.63) is 59.1 Å². The Morgan fingerprint density at radius 2 is 2.04 bits per heavy atom. The summed E-state index contributed by atoms with van der Waals surface area (Å²) in [4.78, 5) is 12.6. The van der Waals surface area contributed by atoms with E-state index >= 15 is 0 Å². The average Bonchev–Trinajstić information content (AvgIpc) is 3.25. The molecule has 1 N–H and O–H groups in total. The molecule has 0 saturated carbocycles. The minimum atomic E-state index is -0.585. The van der Waals surface area contributed by atoms with Crippen molar-refractivity contribution in [1.82, 2.24) is 9.78 Å². The van der Waals surface area contributed by atoms with Gasteiger partial charge in [-0.25, -0.2) is 0 Å². The second-order valence-corrected chi connectivity index (χ2v) is 6.76. The van der Waals surface area contributed by atoms with Gasteiger partial charge in [-0.3, -0.25) is 9.48 Å². The number of carbonyl (C=O) groups excluding carboxylic acids is 1. The summed E-state index contributed by atoms with van der Waals surface area (Å²) in [5, 5.41) is 8.00. The van der Waals surface area contributed by atoms with Crippen LogP contribution in [0.4, 0.5) is 5.82 Å². The van der Waals surface area contributed by atoms with E-state index in [0.717, 1.165) is 22.6 Å². The minimum absolute atomic E-state index is 0.216. The highest BCUT2D eigenvalue weighted by molar-refractivity contribution is 6.30. The van der Waals surface area contributed by atoms with Crippen molar-refractivity contribution in [1.29, 1.82) is 0 Å². The molecule has 6 nitrogen and oxygen atoms in total. The molecule has 1 aliphatic rings. The molecular weight excluding hydrogens is 366 g/mol. The number of hydrogen-bond acceptors (Lipinski definition) is 4. The van der Waals surface area contributed by atoms with Gasteiger partial charge in [0.2, 0.25) is 0 Å². The zero-order chi connectivity index (χ0) is 19.0. The van der Waals surface area contributed by atoms with Gasteiger partial charge in [0.15, 0.2) is 6.10 Å². The molecule has 138 valence electrons. The highest BCUT2D eigenvalue weighted by Crippen LogP contribution is 2.31. The van der Waals surface area contributed by atoms with Crippen LogP contribution in [0.25, 0.3) is 11.3 Å². The van der Waals surface area contributed by atoms with Gasteiger partial charge in [0.25, 0.3) is 5.91 Å². The maximum atomic E-state index is 12.6. The third-order valence-corrected chi connectivity index (χ3v) is 4.74. The summed E-state index contributed by atoms with van der Waals surface area (Å²) in [7, 11) is 3.41. The number of benzene rings is 2. The normalized spacial score (nSPS) is 15.1. The van der Waals surface area contributed by atoms with Crippen molar-refractivity contribution < 1.29 is 14.3 Å². The van der Waals surface area contributed by atoms with Crippen molar-refractivity contribution in [3.8, 4) is 22.8 Å². The molecule has 4 rings (SSSR count). The number of fused-ring (bicyclic) bond motifs is 1. The summed E-state index contributed by atoms with van der Waals surface area (Å²) in [6.45, 7) is 0. The lowest BCUT2D eigenvalue weighted by atomic mass is 10.1. The molecule has 1 aliphatic heterocycles. The number of halogens is 1. The van der Waals surface area contributed by atoms with Crippen LogP contribution in [0.2, 0.25) is 5.02 Å². The number of anilines is 1. The molecule has 2 aromatic carbocycles. The van der Waals surface area contributed by atoms with Gasteiger partial charge in [0.05, 0.1) is 12.8 Å². The number of aryl methyl sites for hydroxylation is 1. The molecule has 3 aromatic rings. The van der Waals surface area contributed by atoms with E-state index in [9.17, 15) is 4.79 Å². The fourth-order valence-corrected chi connectivity index (χ4v) is 3.25. The summed E-state index contributed by atoms with van der Waals surface area (Å²) in [5.74, 6) is 1.86. The highest BCUT2D eigenvalue weighted by Gasteiger charge is 2.29. The van der Waals surface area contributed by atoms with Crippen molar-refractivity contribution >= 4 is 23.3 Å². The fourth-order valence-electron chi connectivity index (χ4n) is 3.06. The fraction of sp³-hybridized carbons (Fsp3) is 0.200. The van der Waals surface area contributed by atoms with Crippen molar-refractivity contribution in [3.63, 3.8) is 0 Å². The van der Waals surface area contributed by atoms with Crippen molar-refractivity contribution in [2.75, 3.05) is 12.4 Å². The predicted molar refractivity (Wildman–Crippen MR) is 103 cm³/mol. The maximum Gasteiger partial charge on any atom is 0.266 e. The molecule has 1 amide bonds. The Morgan fingerprint density at radius 1 is 1.26 bits per heavy atom. The molecule has 0 saturated heterocycles. The van der Waals surface area contributed by atoms with Crippen LogP contribution < -0.4 is 14.8 Å². The standard InChI is InChI=1S/C20H18ClN3O3/c1-24-19(11-16(23-24)12-3-6-15(26-2)7-4-12)22-20(25)18-10-13-9-14(21)5-8-17(13)27-18/h3-9,11,18H,10H2,1-2H3,(H,22,25)/t18-/m0/s1. The first-order chi connectivity index (χ1) is 13.0. The van der Waals surface area contributed by atoms with Crippen LogP contribution in [0.5, 0.6) is 11.5 Å². The van der Waals surface area contributed by atoms with Crippen molar-refractivity contribution in [2.24, 2.45) is 7.05 Å². The average molecular weight is 384 g/mol. The molecule has 1 atom stereocenters. The summed E-state index contributed by atoms with van der Waals surface area (Å²) in [5.41, 5.74) is 2.63. The Morgan fingerprint density at radius 3 is 2.78 bits per heavy atom. The van der Waals surface area contributed by atoms with E-state index in [0.29, 0.717) is 23.0 Å². The number of rotatable bonds is 4. The summed E-state index contributed by atoms with van der Waals surface area (Å²) in [6, 6.07) is 14.8. The Hall–Kier alpha value is -2.99. The van der Waals surface area contributed by atoms with Gasteiger partial charge in [-0.2, -0.15) is 5.10 Å². The van der Waals surface area contributed by atoms with Crippen LogP contribution in [-0.2, 0) is 18.3 Å². The van der Waals surface area contributed by atoms with Crippen LogP contribution in [0, 0.1) is 0 Å². The molecule has 2 heterocycles. The van der Waals surface area contributed by atoms with Crippen molar-refractivity contribution in [2.45, 2.75) is 12.5 Å². The van der Waals surface area contributed by atoms with Gasteiger partial charge in [-0.05, 0) is 48.0 Å². The molecule has 0 aliphatic carbocycles. The van der Waals surface area contributed by atoms with E-state index in [-0.39, 0.29) is 5.91 Å². The van der Waals surface area contributed by atoms with Gasteiger partial charge >= 0.3 is 0 Å². The number of aromatic nitrogens is 2. The Kier molecular flexibility index (Phi) is 4.49. The van der Waals surface area contributed by atoms with Gasteiger partial charge in [0.1, 0.15) is 17.3 Å². The van der Waals surface area contributed by atoms with Gasteiger partial charge in [0, 0.05) is 30.1 Å². The van der Waals surface area contributed by atoms with E-state index < -0.39 is 6.10 Å². The van der Waals surface area contributed by atoms with Gasteiger partial charge in [-0.15, -0.1) is 0 Å². The summed E-state index contributed by atoms with van der Waals surface area (Å²) in [6.07, 6.45) is -0.0944. The smallest absolute Gasteiger partial charge is 0.266 e. The third-order valence-electron chi connectivity index (χ3n) is 4.51. The first-order valence-corrected chi connectivity index (χ1v) is 8.85. The minimum Gasteiger partial charge on any atom is -0.497 e.